The molecule has 1 fully saturated rings. The summed E-state index contributed by atoms with van der Waals surface area (Å²) in [5.41, 5.74) is 6.75. The van der Waals surface area contributed by atoms with Crippen LogP contribution in [0.25, 0.3) is 0 Å². The molecule has 1 aromatic rings. The van der Waals surface area contributed by atoms with Crippen LogP contribution >= 0.6 is 12.2 Å². The van der Waals surface area contributed by atoms with E-state index >= 15 is 0 Å². The molecule has 0 aromatic heterocycles. The number of allylic oxidation sites excluding steroid dienone is 4. The average molecular weight is 347 g/mol. The van der Waals surface area contributed by atoms with Crippen LogP contribution in [0.2, 0.25) is 0 Å². The van der Waals surface area contributed by atoms with Gasteiger partial charge >= 0.3 is 0 Å². The summed E-state index contributed by atoms with van der Waals surface area (Å²) in [4.78, 5) is 0. The SMILES string of the molecule is OC1CCC2C=CC=CC2C1CNNC(=S)Nc1ccc(F)cc1. The molecule has 0 saturated heterocycles. The largest absolute Gasteiger partial charge is 0.393 e. The van der Waals surface area contributed by atoms with Gasteiger partial charge in [-0.2, -0.15) is 0 Å². The van der Waals surface area contributed by atoms with E-state index in [1.807, 2.05) is 0 Å². The van der Waals surface area contributed by atoms with Crippen molar-refractivity contribution in [2.24, 2.45) is 17.8 Å². The zero-order valence-corrected chi connectivity index (χ0v) is 14.1. The Morgan fingerprint density at radius 3 is 2.71 bits per heavy atom. The van der Waals surface area contributed by atoms with E-state index in [0.29, 0.717) is 29.2 Å². The molecule has 24 heavy (non-hydrogen) atoms. The fourth-order valence-corrected chi connectivity index (χ4v) is 3.66. The Bertz CT molecular complexity index is 632. The molecular weight excluding hydrogens is 325 g/mol. The van der Waals surface area contributed by atoms with Crippen molar-refractivity contribution in [2.45, 2.75) is 18.9 Å². The minimum atomic E-state index is -0.310. The van der Waals surface area contributed by atoms with Gasteiger partial charge in [0.1, 0.15) is 5.82 Å². The predicted octanol–water partition coefficient (Wildman–Crippen LogP) is 2.75. The Balaban J connectivity index is 1.48. The Morgan fingerprint density at radius 2 is 1.92 bits per heavy atom. The summed E-state index contributed by atoms with van der Waals surface area (Å²) in [5, 5.41) is 13.7. The van der Waals surface area contributed by atoms with E-state index in [4.69, 9.17) is 12.2 Å². The van der Waals surface area contributed by atoms with E-state index in [1.165, 1.54) is 12.1 Å². The molecule has 0 heterocycles. The second-order valence-electron chi connectivity index (χ2n) is 6.29. The first kappa shape index (κ1) is 17.1. The lowest BCUT2D eigenvalue weighted by atomic mass is 9.69. The highest BCUT2D eigenvalue weighted by Crippen LogP contribution is 2.38. The van der Waals surface area contributed by atoms with Gasteiger partial charge in [0.05, 0.1) is 6.10 Å². The molecule has 1 saturated carbocycles. The van der Waals surface area contributed by atoms with Gasteiger partial charge in [0.25, 0.3) is 0 Å². The summed E-state index contributed by atoms with van der Waals surface area (Å²) in [6.45, 7) is 0.617. The Kier molecular flexibility index (Phi) is 5.60. The van der Waals surface area contributed by atoms with Crippen molar-refractivity contribution >= 4 is 23.0 Å². The van der Waals surface area contributed by atoms with E-state index in [2.05, 4.69) is 40.5 Å². The molecule has 4 atom stereocenters. The number of thiocarbonyl (C=S) groups is 1. The number of halogens is 1. The second kappa shape index (κ2) is 7.88. The van der Waals surface area contributed by atoms with Crippen molar-refractivity contribution < 1.29 is 9.50 Å². The van der Waals surface area contributed by atoms with Crippen LogP contribution < -0.4 is 16.2 Å². The van der Waals surface area contributed by atoms with Crippen molar-refractivity contribution in [2.75, 3.05) is 11.9 Å². The van der Waals surface area contributed by atoms with E-state index < -0.39 is 0 Å². The van der Waals surface area contributed by atoms with Crippen LogP contribution in [0.3, 0.4) is 0 Å². The molecule has 3 rings (SSSR count). The third-order valence-corrected chi connectivity index (χ3v) is 4.93. The van der Waals surface area contributed by atoms with Gasteiger partial charge in [-0.3, -0.25) is 5.43 Å². The van der Waals surface area contributed by atoms with Crippen LogP contribution in [0.1, 0.15) is 12.8 Å². The first-order chi connectivity index (χ1) is 11.6. The van der Waals surface area contributed by atoms with Crippen LogP contribution in [0.5, 0.6) is 0 Å². The second-order valence-corrected chi connectivity index (χ2v) is 6.69. The fourth-order valence-electron chi connectivity index (χ4n) is 3.47. The molecule has 6 heteroatoms. The molecule has 0 amide bonds. The molecular formula is C18H22FN3OS. The van der Waals surface area contributed by atoms with Gasteiger partial charge in [0, 0.05) is 18.2 Å². The number of hydrogen-bond acceptors (Lipinski definition) is 3. The van der Waals surface area contributed by atoms with E-state index in [9.17, 15) is 9.50 Å². The number of aliphatic hydroxyl groups is 1. The van der Waals surface area contributed by atoms with Gasteiger partial charge in [0.2, 0.25) is 0 Å². The summed E-state index contributed by atoms with van der Waals surface area (Å²) in [6.07, 6.45) is 10.1. The smallest absolute Gasteiger partial charge is 0.185 e. The normalized spacial score (nSPS) is 28.2. The number of hydrazine groups is 1. The summed E-state index contributed by atoms with van der Waals surface area (Å²) in [6, 6.07) is 6.00. The van der Waals surface area contributed by atoms with Gasteiger partial charge in [-0.05, 0) is 61.2 Å². The molecule has 0 bridgehead atoms. The van der Waals surface area contributed by atoms with Crippen LogP contribution in [0, 0.1) is 23.6 Å². The number of nitrogens with one attached hydrogen (secondary N) is 3. The van der Waals surface area contributed by atoms with E-state index in [-0.39, 0.29) is 17.8 Å². The van der Waals surface area contributed by atoms with Crippen LogP contribution in [-0.2, 0) is 0 Å². The average Bonchev–Trinajstić information content (AvgIpc) is 2.59. The molecule has 4 unspecified atom stereocenters. The molecule has 0 radical (unpaired) electrons. The van der Waals surface area contributed by atoms with Crippen LogP contribution in [-0.4, -0.2) is 22.9 Å². The maximum atomic E-state index is 12.9. The lowest BCUT2D eigenvalue weighted by Gasteiger charge is -2.40. The summed E-state index contributed by atoms with van der Waals surface area (Å²) < 4.78 is 12.9. The van der Waals surface area contributed by atoms with Gasteiger partial charge in [-0.1, -0.05) is 24.3 Å². The highest BCUT2D eigenvalue weighted by Gasteiger charge is 2.36. The molecule has 128 valence electrons. The molecule has 0 spiro atoms. The maximum Gasteiger partial charge on any atom is 0.185 e. The number of anilines is 1. The molecule has 1 aromatic carbocycles. The fraction of sp³-hybridized carbons (Fsp3) is 0.389. The molecule has 2 aliphatic rings. The first-order valence-electron chi connectivity index (χ1n) is 8.22. The highest BCUT2D eigenvalue weighted by atomic mass is 32.1. The third kappa shape index (κ3) is 4.20. The highest BCUT2D eigenvalue weighted by molar-refractivity contribution is 7.80. The molecule has 2 aliphatic carbocycles. The lowest BCUT2D eigenvalue weighted by molar-refractivity contribution is 0.0290. The van der Waals surface area contributed by atoms with Crippen molar-refractivity contribution in [1.29, 1.82) is 0 Å². The van der Waals surface area contributed by atoms with E-state index in [0.717, 1.165) is 12.8 Å². The third-order valence-electron chi connectivity index (χ3n) is 4.72. The Morgan fingerprint density at radius 1 is 1.17 bits per heavy atom. The zero-order chi connectivity index (χ0) is 16.9. The van der Waals surface area contributed by atoms with E-state index in [1.54, 1.807) is 12.1 Å². The minimum Gasteiger partial charge on any atom is -0.393 e. The summed E-state index contributed by atoms with van der Waals surface area (Å²) in [5.74, 6) is 0.722. The molecule has 4 N–H and O–H groups in total. The van der Waals surface area contributed by atoms with Crippen molar-refractivity contribution in [3.05, 3.63) is 54.4 Å². The summed E-state index contributed by atoms with van der Waals surface area (Å²) in [7, 11) is 0. The van der Waals surface area contributed by atoms with Crippen molar-refractivity contribution in [1.82, 2.24) is 10.9 Å². The van der Waals surface area contributed by atoms with Crippen LogP contribution in [0.4, 0.5) is 10.1 Å². The Labute approximate surface area is 146 Å². The van der Waals surface area contributed by atoms with Gasteiger partial charge in [-0.25, -0.2) is 9.82 Å². The summed E-state index contributed by atoms with van der Waals surface area (Å²) >= 11 is 5.21. The van der Waals surface area contributed by atoms with Crippen LogP contribution in [0.15, 0.2) is 48.6 Å². The topological polar surface area (TPSA) is 56.3 Å². The number of benzene rings is 1. The quantitative estimate of drug-likeness (QED) is 0.498. The first-order valence-corrected chi connectivity index (χ1v) is 8.63. The van der Waals surface area contributed by atoms with Gasteiger partial charge < -0.3 is 10.4 Å². The van der Waals surface area contributed by atoms with Gasteiger partial charge in [-0.15, -0.1) is 0 Å². The minimum absolute atomic E-state index is 0.145. The number of aliphatic hydroxyl groups excluding tert-OH is 1. The van der Waals surface area contributed by atoms with Crippen molar-refractivity contribution in [3.8, 4) is 0 Å². The number of fused-ring (bicyclic) bond motifs is 1. The monoisotopic (exact) mass is 347 g/mol. The number of rotatable bonds is 4. The zero-order valence-electron chi connectivity index (χ0n) is 13.3. The lowest BCUT2D eigenvalue weighted by Crippen LogP contribution is -2.48. The molecule has 4 nitrogen and oxygen atoms in total. The Hall–Kier alpha value is -1.76. The number of hydrogen-bond donors (Lipinski definition) is 4. The van der Waals surface area contributed by atoms with Crippen molar-refractivity contribution in [3.63, 3.8) is 0 Å². The maximum absolute atomic E-state index is 12.9. The standard InChI is InChI=1S/C18H22FN3OS/c19-13-6-8-14(9-7-13)21-18(24)22-20-11-16-15-4-2-1-3-12(15)5-10-17(16)23/h1-4,6-9,12,15-17,20,23H,5,10-11H2,(H2,21,22,24). The van der Waals surface area contributed by atoms with Gasteiger partial charge in [0.15, 0.2) is 5.11 Å². The predicted molar refractivity (Wildman–Crippen MR) is 97.7 cm³/mol. The molecule has 0 aliphatic heterocycles.